The predicted octanol–water partition coefficient (Wildman–Crippen LogP) is 11.7. The van der Waals surface area contributed by atoms with E-state index in [2.05, 4.69) is 154 Å². The molecular weight excluding hydrogens is 504 g/mol. The summed E-state index contributed by atoms with van der Waals surface area (Å²) >= 11 is 0. The number of hydrogen-bond acceptors (Lipinski definition) is 0. The van der Waals surface area contributed by atoms with Gasteiger partial charge in [0.25, 0.3) is 0 Å². The maximum Gasteiger partial charge on any atom is 0.00894 e. The Morgan fingerprint density at radius 2 is 0.905 bits per heavy atom. The third-order valence-electron chi connectivity index (χ3n) is 9.84. The van der Waals surface area contributed by atoms with E-state index in [1.165, 1.54) is 77.2 Å². The molecule has 202 valence electrons. The van der Waals surface area contributed by atoms with Crippen LogP contribution in [0.5, 0.6) is 0 Å². The summed E-state index contributed by atoms with van der Waals surface area (Å²) in [5.41, 5.74) is 13.9. The van der Waals surface area contributed by atoms with Crippen molar-refractivity contribution in [2.24, 2.45) is 5.92 Å². The molecule has 0 heteroatoms. The van der Waals surface area contributed by atoms with Crippen LogP contribution in [0, 0.1) is 5.92 Å². The number of fused-ring (bicyclic) bond motifs is 4. The van der Waals surface area contributed by atoms with Gasteiger partial charge in [0.05, 0.1) is 0 Å². The fraction of sp³-hybridized carbons (Fsp3) is 0.143. The van der Waals surface area contributed by atoms with Crippen LogP contribution in [-0.4, -0.2) is 0 Å². The zero-order valence-electron chi connectivity index (χ0n) is 24.4. The van der Waals surface area contributed by atoms with Crippen molar-refractivity contribution in [3.8, 4) is 22.3 Å². The number of allylic oxidation sites excluding steroid dienone is 2. The van der Waals surface area contributed by atoms with Gasteiger partial charge in [0.2, 0.25) is 0 Å². The lowest BCUT2D eigenvalue weighted by Crippen LogP contribution is -2.18. The quantitative estimate of drug-likeness (QED) is 0.209. The average molecular weight is 539 g/mol. The first-order valence-electron chi connectivity index (χ1n) is 15.2. The molecule has 0 bridgehead atoms. The molecule has 2 atom stereocenters. The second-order valence-corrected chi connectivity index (χ2v) is 12.3. The zero-order chi connectivity index (χ0) is 28.4. The highest BCUT2D eigenvalue weighted by molar-refractivity contribution is 5.98. The highest BCUT2D eigenvalue weighted by Gasteiger charge is 2.37. The van der Waals surface area contributed by atoms with E-state index in [4.69, 9.17) is 0 Å². The molecule has 8 rings (SSSR count). The molecule has 0 spiro atoms. The summed E-state index contributed by atoms with van der Waals surface area (Å²) in [6.07, 6.45) is 4.84. The van der Waals surface area contributed by atoms with E-state index in [0.717, 1.165) is 0 Å². The summed E-state index contributed by atoms with van der Waals surface area (Å²) in [5, 5.41) is 5.22. The molecule has 0 fully saturated rings. The molecule has 0 aliphatic heterocycles. The third kappa shape index (κ3) is 3.90. The first kappa shape index (κ1) is 25.1. The van der Waals surface area contributed by atoms with E-state index in [-0.39, 0.29) is 0 Å². The summed E-state index contributed by atoms with van der Waals surface area (Å²) in [5.74, 6) is 1.21. The van der Waals surface area contributed by atoms with Crippen LogP contribution in [0.4, 0.5) is 0 Å². The van der Waals surface area contributed by atoms with Crippen molar-refractivity contribution in [2.45, 2.75) is 32.6 Å². The molecule has 0 amide bonds. The van der Waals surface area contributed by atoms with Crippen molar-refractivity contribution in [1.29, 1.82) is 0 Å². The highest BCUT2D eigenvalue weighted by Crippen LogP contribution is 2.52. The van der Waals surface area contributed by atoms with Gasteiger partial charge in [-0.25, -0.2) is 0 Å². The Bertz CT molecular complexity index is 1920. The van der Waals surface area contributed by atoms with Crippen LogP contribution in [0.3, 0.4) is 0 Å². The normalized spacial score (nSPS) is 18.1. The van der Waals surface area contributed by atoms with Gasteiger partial charge in [0.1, 0.15) is 0 Å². The Morgan fingerprint density at radius 3 is 1.38 bits per heavy atom. The first-order valence-corrected chi connectivity index (χ1v) is 15.2. The summed E-state index contributed by atoms with van der Waals surface area (Å²) in [4.78, 5) is 0. The lowest BCUT2D eigenvalue weighted by atomic mass is 9.73. The molecule has 0 aromatic heterocycles. The topological polar surface area (TPSA) is 0 Å². The molecule has 42 heavy (non-hydrogen) atoms. The summed E-state index contributed by atoms with van der Waals surface area (Å²) < 4.78 is 0. The fourth-order valence-corrected chi connectivity index (χ4v) is 7.99. The maximum absolute atomic E-state index is 2.48. The average Bonchev–Trinajstić information content (AvgIpc) is 3.54. The molecule has 2 unspecified atom stereocenters. The van der Waals surface area contributed by atoms with E-state index in [1.54, 1.807) is 0 Å². The monoisotopic (exact) mass is 538 g/mol. The SMILES string of the molecule is CC1=Cc2ccc(-c3cccc4ccccc34)cc2C1C(C)C1C(C)=Cc2ccc(-c3cccc4ccccc34)cc21. The summed E-state index contributed by atoms with van der Waals surface area (Å²) in [6.45, 7) is 7.14. The molecule has 0 radical (unpaired) electrons. The third-order valence-corrected chi connectivity index (χ3v) is 9.84. The van der Waals surface area contributed by atoms with Crippen LogP contribution < -0.4 is 0 Å². The molecule has 6 aromatic rings. The molecule has 0 heterocycles. The van der Waals surface area contributed by atoms with Gasteiger partial charge in [-0.2, -0.15) is 0 Å². The summed E-state index contributed by atoms with van der Waals surface area (Å²) in [7, 11) is 0. The Hall–Kier alpha value is -4.68. The van der Waals surface area contributed by atoms with Gasteiger partial charge < -0.3 is 0 Å². The molecular formula is C42H34. The highest BCUT2D eigenvalue weighted by atomic mass is 14.4. The van der Waals surface area contributed by atoms with Gasteiger partial charge in [-0.3, -0.25) is 0 Å². The van der Waals surface area contributed by atoms with E-state index in [1.807, 2.05) is 0 Å². The van der Waals surface area contributed by atoms with E-state index in [9.17, 15) is 0 Å². The van der Waals surface area contributed by atoms with Gasteiger partial charge in [-0.05, 0) is 98.0 Å². The summed E-state index contributed by atoms with van der Waals surface area (Å²) in [6, 6.07) is 45.1. The first-order chi connectivity index (χ1) is 20.6. The maximum atomic E-state index is 2.48. The Balaban J connectivity index is 1.20. The smallest absolute Gasteiger partial charge is 0.00894 e. The number of rotatable bonds is 4. The van der Waals surface area contributed by atoms with Crippen LogP contribution in [0.1, 0.15) is 54.9 Å². The molecule has 0 nitrogen and oxygen atoms in total. The van der Waals surface area contributed by atoms with Crippen molar-refractivity contribution in [3.05, 3.63) is 155 Å². The predicted molar refractivity (Wildman–Crippen MR) is 181 cm³/mol. The van der Waals surface area contributed by atoms with E-state index >= 15 is 0 Å². The lowest BCUT2D eigenvalue weighted by Gasteiger charge is -2.30. The van der Waals surface area contributed by atoms with Crippen LogP contribution >= 0.6 is 0 Å². The van der Waals surface area contributed by atoms with Crippen LogP contribution in [0.2, 0.25) is 0 Å². The molecule has 0 saturated heterocycles. The van der Waals surface area contributed by atoms with Crippen molar-refractivity contribution >= 4 is 33.7 Å². The van der Waals surface area contributed by atoms with Gasteiger partial charge in [-0.15, -0.1) is 0 Å². The fourth-order valence-electron chi connectivity index (χ4n) is 7.99. The number of benzene rings is 6. The number of hydrogen-bond donors (Lipinski definition) is 0. The standard InChI is InChI=1S/C42H34/c1-26-22-31-18-20-33(37-16-8-12-29-10-4-6-14-35(29)37)24-39(31)41(26)28(3)42-27(2)23-32-19-21-34(25-40(32)42)38-17-9-13-30-11-5-7-15-36(30)38/h4-25,28,41-42H,1-3H3. The lowest BCUT2D eigenvalue weighted by molar-refractivity contribution is 0.455. The molecule has 6 aromatic carbocycles. The van der Waals surface area contributed by atoms with E-state index in [0.29, 0.717) is 17.8 Å². The Morgan fingerprint density at radius 1 is 0.476 bits per heavy atom. The van der Waals surface area contributed by atoms with Crippen LogP contribution in [-0.2, 0) is 0 Å². The van der Waals surface area contributed by atoms with Gasteiger partial charge in [0, 0.05) is 11.8 Å². The minimum absolute atomic E-state index is 0.385. The largest absolute Gasteiger partial charge is 0.0649 e. The molecule has 2 aliphatic carbocycles. The van der Waals surface area contributed by atoms with E-state index < -0.39 is 0 Å². The van der Waals surface area contributed by atoms with Crippen molar-refractivity contribution in [2.75, 3.05) is 0 Å². The van der Waals surface area contributed by atoms with Gasteiger partial charge in [-0.1, -0.05) is 139 Å². The molecule has 2 aliphatic rings. The Kier molecular flexibility index (Phi) is 5.79. The van der Waals surface area contributed by atoms with Crippen molar-refractivity contribution < 1.29 is 0 Å². The minimum atomic E-state index is 0.385. The minimum Gasteiger partial charge on any atom is -0.0649 e. The zero-order valence-corrected chi connectivity index (χ0v) is 24.4. The van der Waals surface area contributed by atoms with Crippen LogP contribution in [0.25, 0.3) is 56.0 Å². The van der Waals surface area contributed by atoms with Gasteiger partial charge >= 0.3 is 0 Å². The molecule has 0 N–H and O–H groups in total. The van der Waals surface area contributed by atoms with Crippen molar-refractivity contribution in [3.63, 3.8) is 0 Å². The Labute approximate surface area is 248 Å². The van der Waals surface area contributed by atoms with Crippen LogP contribution in [0.15, 0.2) is 132 Å². The second-order valence-electron chi connectivity index (χ2n) is 12.3. The second kappa shape index (κ2) is 9.71. The van der Waals surface area contributed by atoms with Crippen molar-refractivity contribution in [1.82, 2.24) is 0 Å². The van der Waals surface area contributed by atoms with Gasteiger partial charge in [0.15, 0.2) is 0 Å². The molecule has 0 saturated carbocycles.